The standard InChI is InChI=1S/C9H11NO2.C8H13N5O/c1-2-9(11)12-8-6-4-3-5-7(8)10;1-11-4-7(14)12-6-3-2-5(9)8(10)13-6/h3-6H,2,10H2,1H3;2-3,11H,4,9H2,1H3,(H3,10,12,13,14). The van der Waals surface area contributed by atoms with Crippen LogP contribution in [0.2, 0.25) is 0 Å². The van der Waals surface area contributed by atoms with Crippen LogP contribution in [0.3, 0.4) is 0 Å². The Hall–Kier alpha value is -3.33. The first-order valence-electron chi connectivity index (χ1n) is 7.89. The summed E-state index contributed by atoms with van der Waals surface area (Å²) in [5, 5.41) is 5.28. The van der Waals surface area contributed by atoms with Gasteiger partial charge in [-0.1, -0.05) is 19.1 Å². The third kappa shape index (κ3) is 7.05. The van der Waals surface area contributed by atoms with Crippen LogP contribution in [-0.4, -0.2) is 30.5 Å². The molecule has 1 heterocycles. The van der Waals surface area contributed by atoms with Crippen molar-refractivity contribution in [3.63, 3.8) is 0 Å². The molecular weight excluding hydrogens is 336 g/mol. The molecule has 140 valence electrons. The first kappa shape index (κ1) is 20.7. The lowest BCUT2D eigenvalue weighted by Crippen LogP contribution is -2.25. The van der Waals surface area contributed by atoms with E-state index in [9.17, 15) is 9.59 Å². The fraction of sp³-hybridized carbons (Fsp3) is 0.235. The van der Waals surface area contributed by atoms with Gasteiger partial charge in [0.15, 0.2) is 5.75 Å². The van der Waals surface area contributed by atoms with Gasteiger partial charge in [-0.05, 0) is 31.3 Å². The van der Waals surface area contributed by atoms with Crippen molar-refractivity contribution in [1.82, 2.24) is 10.3 Å². The molecule has 0 aliphatic carbocycles. The van der Waals surface area contributed by atoms with Gasteiger partial charge in [-0.15, -0.1) is 0 Å². The first-order valence-corrected chi connectivity index (χ1v) is 7.89. The van der Waals surface area contributed by atoms with Crippen LogP contribution in [0.4, 0.5) is 23.0 Å². The predicted molar refractivity (Wildman–Crippen MR) is 102 cm³/mol. The number of carbonyl (C=O) groups is 2. The van der Waals surface area contributed by atoms with E-state index in [2.05, 4.69) is 15.6 Å². The van der Waals surface area contributed by atoms with E-state index in [1.807, 2.05) is 0 Å². The number of esters is 1. The Morgan fingerprint density at radius 1 is 1.08 bits per heavy atom. The zero-order valence-corrected chi connectivity index (χ0v) is 14.8. The molecular formula is C17H24N6O3. The van der Waals surface area contributed by atoms with Crippen molar-refractivity contribution in [1.29, 1.82) is 0 Å². The molecule has 0 spiro atoms. The van der Waals surface area contributed by atoms with E-state index in [-0.39, 0.29) is 24.2 Å². The fourth-order valence-corrected chi connectivity index (χ4v) is 1.67. The number of benzene rings is 1. The Morgan fingerprint density at radius 3 is 2.35 bits per heavy atom. The number of hydrogen-bond donors (Lipinski definition) is 5. The summed E-state index contributed by atoms with van der Waals surface area (Å²) in [6, 6.07) is 10.1. The topological polar surface area (TPSA) is 158 Å². The third-order valence-corrected chi connectivity index (χ3v) is 2.99. The average molecular weight is 360 g/mol. The van der Waals surface area contributed by atoms with E-state index in [1.54, 1.807) is 50.4 Å². The smallest absolute Gasteiger partial charge is 0.310 e. The van der Waals surface area contributed by atoms with Crippen LogP contribution in [0.5, 0.6) is 5.75 Å². The zero-order chi connectivity index (χ0) is 19.5. The van der Waals surface area contributed by atoms with Crippen molar-refractivity contribution < 1.29 is 14.3 Å². The zero-order valence-electron chi connectivity index (χ0n) is 14.8. The maximum Gasteiger partial charge on any atom is 0.310 e. The number of likely N-dealkylation sites (N-methyl/N-ethyl adjacent to an activating group) is 1. The Labute approximate surface area is 151 Å². The van der Waals surface area contributed by atoms with E-state index >= 15 is 0 Å². The van der Waals surface area contributed by atoms with E-state index in [0.717, 1.165) is 0 Å². The van der Waals surface area contributed by atoms with Crippen LogP contribution >= 0.6 is 0 Å². The summed E-state index contributed by atoms with van der Waals surface area (Å²) in [5.41, 5.74) is 17.4. The molecule has 2 aromatic rings. The van der Waals surface area contributed by atoms with Crippen molar-refractivity contribution in [3.05, 3.63) is 36.4 Å². The number of nitrogens with two attached hydrogens (primary N) is 3. The quantitative estimate of drug-likeness (QED) is 0.300. The molecule has 2 rings (SSSR count). The summed E-state index contributed by atoms with van der Waals surface area (Å²) in [7, 11) is 1.68. The van der Waals surface area contributed by atoms with E-state index in [1.165, 1.54) is 0 Å². The van der Waals surface area contributed by atoms with E-state index in [4.69, 9.17) is 21.9 Å². The van der Waals surface area contributed by atoms with Crippen molar-refractivity contribution in [2.75, 3.05) is 36.1 Å². The summed E-state index contributed by atoms with van der Waals surface area (Å²) in [6.45, 7) is 1.97. The SMILES string of the molecule is CCC(=O)Oc1ccccc1N.CNCC(=O)Nc1ccc(N)c(N)n1. The Morgan fingerprint density at radius 2 is 1.77 bits per heavy atom. The van der Waals surface area contributed by atoms with Gasteiger partial charge in [0.05, 0.1) is 17.9 Å². The van der Waals surface area contributed by atoms with Gasteiger partial charge in [0.25, 0.3) is 0 Å². The molecule has 1 aromatic carbocycles. The second-order valence-electron chi connectivity index (χ2n) is 5.11. The number of rotatable bonds is 5. The molecule has 0 aliphatic heterocycles. The minimum absolute atomic E-state index is 0.177. The molecule has 0 saturated carbocycles. The molecule has 0 bridgehead atoms. The Bertz CT molecular complexity index is 751. The molecule has 1 amide bonds. The molecule has 9 nitrogen and oxygen atoms in total. The third-order valence-electron chi connectivity index (χ3n) is 2.99. The molecule has 0 atom stereocenters. The van der Waals surface area contributed by atoms with Crippen LogP contribution in [0.1, 0.15) is 13.3 Å². The highest BCUT2D eigenvalue weighted by molar-refractivity contribution is 5.91. The highest BCUT2D eigenvalue weighted by Crippen LogP contribution is 2.19. The first-order chi connectivity index (χ1) is 12.4. The molecule has 0 radical (unpaired) electrons. The van der Waals surface area contributed by atoms with Gasteiger partial charge in [-0.3, -0.25) is 9.59 Å². The lowest BCUT2D eigenvalue weighted by atomic mass is 10.3. The number of hydrogen-bond acceptors (Lipinski definition) is 8. The molecule has 0 fully saturated rings. The summed E-state index contributed by atoms with van der Waals surface area (Å²) >= 11 is 0. The maximum atomic E-state index is 11.1. The lowest BCUT2D eigenvalue weighted by molar-refractivity contribution is -0.134. The van der Waals surface area contributed by atoms with Gasteiger partial charge in [-0.25, -0.2) is 4.98 Å². The largest absolute Gasteiger partial charge is 0.424 e. The number of nitrogen functional groups attached to an aromatic ring is 3. The van der Waals surface area contributed by atoms with Gasteiger partial charge >= 0.3 is 5.97 Å². The summed E-state index contributed by atoms with van der Waals surface area (Å²) in [4.78, 5) is 25.9. The van der Waals surface area contributed by atoms with Crippen LogP contribution in [0, 0.1) is 0 Å². The van der Waals surface area contributed by atoms with Crippen LogP contribution < -0.4 is 32.6 Å². The number of pyridine rings is 1. The van der Waals surface area contributed by atoms with Crippen molar-refractivity contribution in [2.45, 2.75) is 13.3 Å². The highest BCUT2D eigenvalue weighted by Gasteiger charge is 2.04. The molecule has 0 unspecified atom stereocenters. The molecule has 8 N–H and O–H groups in total. The summed E-state index contributed by atoms with van der Waals surface area (Å²) in [6.07, 6.45) is 0.355. The maximum absolute atomic E-state index is 11.1. The predicted octanol–water partition coefficient (Wildman–Crippen LogP) is 0.988. The summed E-state index contributed by atoms with van der Waals surface area (Å²) in [5.74, 6) is 0.602. The fourth-order valence-electron chi connectivity index (χ4n) is 1.67. The van der Waals surface area contributed by atoms with Gasteiger partial charge in [0.1, 0.15) is 11.6 Å². The van der Waals surface area contributed by atoms with Crippen LogP contribution in [0.25, 0.3) is 0 Å². The van der Waals surface area contributed by atoms with Crippen LogP contribution in [-0.2, 0) is 9.59 Å². The number of para-hydroxylation sites is 2. The van der Waals surface area contributed by atoms with Crippen molar-refractivity contribution in [3.8, 4) is 5.75 Å². The second-order valence-corrected chi connectivity index (χ2v) is 5.11. The molecule has 0 saturated heterocycles. The number of anilines is 4. The number of ether oxygens (including phenoxy) is 1. The van der Waals surface area contributed by atoms with Crippen molar-refractivity contribution in [2.24, 2.45) is 0 Å². The van der Waals surface area contributed by atoms with E-state index in [0.29, 0.717) is 29.4 Å². The number of amides is 1. The van der Waals surface area contributed by atoms with E-state index < -0.39 is 0 Å². The Balaban J connectivity index is 0.000000263. The van der Waals surface area contributed by atoms with Gasteiger partial charge < -0.3 is 32.6 Å². The van der Waals surface area contributed by atoms with Gasteiger partial charge in [-0.2, -0.15) is 0 Å². The number of aromatic nitrogens is 1. The highest BCUT2D eigenvalue weighted by atomic mass is 16.5. The lowest BCUT2D eigenvalue weighted by Gasteiger charge is -2.05. The molecule has 9 heteroatoms. The second kappa shape index (κ2) is 10.5. The normalized spacial score (nSPS) is 9.62. The van der Waals surface area contributed by atoms with Crippen molar-refractivity contribution >= 4 is 34.9 Å². The number of nitrogens with one attached hydrogen (secondary N) is 2. The molecule has 26 heavy (non-hydrogen) atoms. The monoisotopic (exact) mass is 360 g/mol. The van der Waals surface area contributed by atoms with Crippen LogP contribution in [0.15, 0.2) is 36.4 Å². The Kier molecular flexibility index (Phi) is 8.38. The minimum Gasteiger partial charge on any atom is -0.424 e. The molecule has 0 aliphatic rings. The number of nitrogens with zero attached hydrogens (tertiary/aromatic N) is 1. The average Bonchev–Trinajstić information content (AvgIpc) is 2.61. The summed E-state index contributed by atoms with van der Waals surface area (Å²) < 4.78 is 4.93. The van der Waals surface area contributed by atoms with Gasteiger partial charge in [0, 0.05) is 6.42 Å². The molecule has 1 aromatic heterocycles. The minimum atomic E-state index is -0.270. The van der Waals surface area contributed by atoms with Gasteiger partial charge in [0.2, 0.25) is 5.91 Å². The number of carbonyl (C=O) groups excluding carboxylic acids is 2.